The lowest BCUT2D eigenvalue weighted by Gasteiger charge is -2.46. The molecule has 38 heavy (non-hydrogen) atoms. The quantitative estimate of drug-likeness (QED) is 0.457. The summed E-state index contributed by atoms with van der Waals surface area (Å²) in [4.78, 5) is 46.3. The largest absolute Gasteiger partial charge is 0.384 e. The zero-order chi connectivity index (χ0) is 27.7. The Morgan fingerprint density at radius 1 is 1.26 bits per heavy atom. The van der Waals surface area contributed by atoms with Crippen LogP contribution in [0.2, 0.25) is 0 Å². The van der Waals surface area contributed by atoms with Crippen molar-refractivity contribution in [1.82, 2.24) is 25.0 Å². The maximum atomic E-state index is 14.8. The third-order valence-corrected chi connectivity index (χ3v) is 6.83. The van der Waals surface area contributed by atoms with Gasteiger partial charge in [0.05, 0.1) is 23.8 Å². The Bertz CT molecular complexity index is 1390. The van der Waals surface area contributed by atoms with Gasteiger partial charge in [-0.1, -0.05) is 13.0 Å². The van der Waals surface area contributed by atoms with E-state index in [0.717, 1.165) is 11.0 Å². The molecule has 1 aliphatic rings. The zero-order valence-corrected chi connectivity index (χ0v) is 21.5. The molecule has 0 saturated carbocycles. The smallest absolute Gasteiger partial charge is 0.325 e. The second kappa shape index (κ2) is 10.6. The van der Waals surface area contributed by atoms with Gasteiger partial charge in [-0.25, -0.2) is 18.6 Å². The number of rotatable bonds is 7. The van der Waals surface area contributed by atoms with Gasteiger partial charge in [0.2, 0.25) is 5.91 Å². The van der Waals surface area contributed by atoms with Crippen LogP contribution in [0.15, 0.2) is 42.9 Å². The van der Waals surface area contributed by atoms with E-state index in [1.807, 2.05) is 0 Å². The zero-order valence-electron chi connectivity index (χ0n) is 21.5. The topological polar surface area (TPSA) is 126 Å². The first-order valence-corrected chi connectivity index (χ1v) is 12.1. The molecule has 3 atom stereocenters. The number of likely N-dealkylation sites (N-methyl/N-ethyl adjacent to an activating group) is 1. The van der Waals surface area contributed by atoms with Crippen molar-refractivity contribution in [3.8, 4) is 0 Å². The van der Waals surface area contributed by atoms with Crippen LogP contribution < -0.4 is 16.0 Å². The van der Waals surface area contributed by atoms with Gasteiger partial charge in [0.1, 0.15) is 23.5 Å². The van der Waals surface area contributed by atoms with Gasteiger partial charge >= 0.3 is 6.03 Å². The molecule has 200 valence electrons. The summed E-state index contributed by atoms with van der Waals surface area (Å²) in [6.45, 7) is 3.03. The predicted molar refractivity (Wildman–Crippen MR) is 136 cm³/mol. The van der Waals surface area contributed by atoms with Crippen molar-refractivity contribution in [2.45, 2.75) is 38.8 Å². The SMILES string of the molecule is CC[C@@H](NC(=O)N1C(=O)[C@H](Cc2ccnc(N)c2)[C@H]1C(=O)N(C)c1cnn(C)c1)c1ccc(F)c(C)c1F. The van der Waals surface area contributed by atoms with E-state index in [9.17, 15) is 23.2 Å². The average Bonchev–Trinajstić information content (AvgIpc) is 3.33. The van der Waals surface area contributed by atoms with Gasteiger partial charge in [-0.15, -0.1) is 0 Å². The van der Waals surface area contributed by atoms with Crippen molar-refractivity contribution in [3.05, 3.63) is 71.2 Å². The first kappa shape index (κ1) is 26.7. The number of aromatic nitrogens is 3. The molecule has 3 heterocycles. The number of nitrogen functional groups attached to an aromatic ring is 1. The predicted octanol–water partition coefficient (Wildman–Crippen LogP) is 2.88. The number of pyridine rings is 1. The molecule has 1 fully saturated rings. The van der Waals surface area contributed by atoms with Gasteiger partial charge in [0, 0.05) is 37.6 Å². The molecule has 0 unspecified atom stereocenters. The Hall–Kier alpha value is -4.35. The van der Waals surface area contributed by atoms with E-state index in [0.29, 0.717) is 11.3 Å². The van der Waals surface area contributed by atoms with Crippen LogP contribution in [0.1, 0.15) is 36.1 Å². The molecule has 0 spiro atoms. The first-order valence-electron chi connectivity index (χ1n) is 12.1. The van der Waals surface area contributed by atoms with Gasteiger partial charge in [0.15, 0.2) is 0 Å². The standard InChI is InChI=1S/C26H29F2N7O3/c1-5-20(17-6-7-19(27)14(2)22(17)28)32-26(38)35-23(25(37)34(4)16-12-31-33(3)13-16)18(24(35)36)10-15-8-9-30-21(29)11-15/h6-9,11-13,18,20,23H,5,10H2,1-4H3,(H2,29,30)(H,32,38)/t18-,20-,23+/m1/s1. The minimum atomic E-state index is -1.13. The highest BCUT2D eigenvalue weighted by Crippen LogP contribution is 2.34. The molecular formula is C26H29F2N7O3. The average molecular weight is 526 g/mol. The van der Waals surface area contributed by atoms with Gasteiger partial charge in [-0.2, -0.15) is 5.10 Å². The summed E-state index contributed by atoms with van der Waals surface area (Å²) < 4.78 is 30.1. The number of carbonyl (C=O) groups excluding carboxylic acids is 3. The highest BCUT2D eigenvalue weighted by molar-refractivity contribution is 6.12. The minimum Gasteiger partial charge on any atom is -0.384 e. The fraction of sp³-hybridized carbons (Fsp3) is 0.346. The molecule has 1 aliphatic heterocycles. The number of nitrogens with one attached hydrogen (secondary N) is 1. The molecule has 2 aromatic heterocycles. The van der Waals surface area contributed by atoms with Crippen molar-refractivity contribution in [3.63, 3.8) is 0 Å². The lowest BCUT2D eigenvalue weighted by Crippen LogP contribution is -2.70. The van der Waals surface area contributed by atoms with Crippen LogP contribution in [0.3, 0.4) is 0 Å². The number of carbonyl (C=O) groups is 3. The number of benzene rings is 1. The van der Waals surface area contributed by atoms with E-state index >= 15 is 0 Å². The number of amides is 4. The summed E-state index contributed by atoms with van der Waals surface area (Å²) in [5, 5.41) is 6.72. The van der Waals surface area contributed by atoms with E-state index in [2.05, 4.69) is 15.4 Å². The molecule has 1 aromatic carbocycles. The van der Waals surface area contributed by atoms with Crippen molar-refractivity contribution in [2.24, 2.45) is 13.0 Å². The maximum Gasteiger partial charge on any atom is 0.325 e. The van der Waals surface area contributed by atoms with Crippen LogP contribution >= 0.6 is 0 Å². The summed E-state index contributed by atoms with van der Waals surface area (Å²) in [6.07, 6.45) is 5.06. The number of halogens is 2. The van der Waals surface area contributed by atoms with Crippen LogP contribution in [0.25, 0.3) is 0 Å². The Kier molecular flexibility index (Phi) is 7.42. The van der Waals surface area contributed by atoms with Gasteiger partial charge in [0.25, 0.3) is 5.91 Å². The second-order valence-electron chi connectivity index (χ2n) is 9.31. The molecule has 1 saturated heterocycles. The molecule has 12 heteroatoms. The molecule has 4 rings (SSSR count). The second-order valence-corrected chi connectivity index (χ2v) is 9.31. The number of imide groups is 1. The highest BCUT2D eigenvalue weighted by Gasteiger charge is 2.55. The first-order chi connectivity index (χ1) is 18.0. The lowest BCUT2D eigenvalue weighted by atomic mass is 9.81. The number of hydrogen-bond donors (Lipinski definition) is 2. The number of likely N-dealkylation sites (tertiary alicyclic amines) is 1. The van der Waals surface area contributed by atoms with Crippen molar-refractivity contribution in [1.29, 1.82) is 0 Å². The van der Waals surface area contributed by atoms with Crippen LogP contribution in [0.4, 0.5) is 25.1 Å². The number of nitrogens with zero attached hydrogens (tertiary/aromatic N) is 5. The van der Waals surface area contributed by atoms with Crippen LogP contribution in [-0.4, -0.2) is 50.6 Å². The lowest BCUT2D eigenvalue weighted by molar-refractivity contribution is -0.156. The van der Waals surface area contributed by atoms with Crippen molar-refractivity contribution in [2.75, 3.05) is 17.7 Å². The fourth-order valence-corrected chi connectivity index (χ4v) is 4.61. The molecule has 0 radical (unpaired) electrons. The summed E-state index contributed by atoms with van der Waals surface area (Å²) in [6, 6.07) is 2.87. The van der Waals surface area contributed by atoms with E-state index in [1.165, 1.54) is 42.0 Å². The van der Waals surface area contributed by atoms with E-state index in [1.54, 1.807) is 32.3 Å². The Morgan fingerprint density at radius 3 is 2.63 bits per heavy atom. The number of urea groups is 1. The van der Waals surface area contributed by atoms with Crippen LogP contribution in [0, 0.1) is 24.5 Å². The van der Waals surface area contributed by atoms with Gasteiger partial charge in [-0.3, -0.25) is 19.2 Å². The van der Waals surface area contributed by atoms with E-state index < -0.39 is 47.5 Å². The fourth-order valence-electron chi connectivity index (χ4n) is 4.61. The van der Waals surface area contributed by atoms with Gasteiger partial charge < -0.3 is 16.0 Å². The summed E-state index contributed by atoms with van der Waals surface area (Å²) in [5.41, 5.74) is 6.87. The van der Waals surface area contributed by atoms with Gasteiger partial charge in [-0.05, 0) is 43.5 Å². The van der Waals surface area contributed by atoms with Crippen LogP contribution in [0.5, 0.6) is 0 Å². The van der Waals surface area contributed by atoms with Crippen molar-refractivity contribution >= 4 is 29.4 Å². The number of nitrogens with two attached hydrogens (primary N) is 1. The Labute approximate surface area is 218 Å². The minimum absolute atomic E-state index is 0.0897. The number of anilines is 2. The summed E-state index contributed by atoms with van der Waals surface area (Å²) in [7, 11) is 3.23. The van der Waals surface area contributed by atoms with Crippen LogP contribution in [-0.2, 0) is 23.1 Å². The third-order valence-electron chi connectivity index (χ3n) is 6.83. The molecule has 0 bridgehead atoms. The summed E-state index contributed by atoms with van der Waals surface area (Å²) >= 11 is 0. The van der Waals surface area contributed by atoms with Crippen molar-refractivity contribution < 1.29 is 23.2 Å². The number of hydrogen-bond acceptors (Lipinski definition) is 6. The molecular weight excluding hydrogens is 496 g/mol. The third kappa shape index (κ3) is 4.93. The molecule has 4 amide bonds. The van der Waals surface area contributed by atoms with E-state index in [-0.39, 0.29) is 29.8 Å². The Morgan fingerprint density at radius 2 is 2.00 bits per heavy atom. The normalized spacial score (nSPS) is 17.6. The monoisotopic (exact) mass is 525 g/mol. The number of β-lactam (4-membered cyclic amide) rings is 1. The van der Waals surface area contributed by atoms with E-state index in [4.69, 9.17) is 5.73 Å². The maximum absolute atomic E-state index is 14.8. The molecule has 10 nitrogen and oxygen atoms in total. The molecule has 3 aromatic rings. The number of aryl methyl sites for hydroxylation is 1. The Balaban J connectivity index is 1.62. The molecule has 0 aliphatic carbocycles. The summed E-state index contributed by atoms with van der Waals surface area (Å²) in [5.74, 6) is -3.09. The molecule has 3 N–H and O–H groups in total. The highest BCUT2D eigenvalue weighted by atomic mass is 19.1.